The molecule has 1 saturated heterocycles. The monoisotopic (exact) mass is 234 g/mol. The van der Waals surface area contributed by atoms with Crippen molar-refractivity contribution < 1.29 is 14.7 Å². The highest BCUT2D eigenvalue weighted by Gasteiger charge is 2.36. The predicted molar refractivity (Wildman–Crippen MR) is 62.3 cm³/mol. The summed E-state index contributed by atoms with van der Waals surface area (Å²) in [5.41, 5.74) is 0.711. The lowest BCUT2D eigenvalue weighted by Gasteiger charge is -2.29. The molecule has 1 N–H and O–H groups in total. The summed E-state index contributed by atoms with van der Waals surface area (Å²) in [6, 6.07) is 9.01. The van der Waals surface area contributed by atoms with Crippen molar-refractivity contribution in [3.8, 4) is 0 Å². The number of benzene rings is 1. The van der Waals surface area contributed by atoms with Crippen molar-refractivity contribution >= 4 is 17.6 Å². The molecule has 5 heteroatoms. The molecule has 1 aliphatic heterocycles. The zero-order valence-corrected chi connectivity index (χ0v) is 9.54. The first-order valence-corrected chi connectivity index (χ1v) is 5.46. The van der Waals surface area contributed by atoms with Gasteiger partial charge in [-0.2, -0.15) is 5.01 Å². The number of aliphatic carboxylic acids is 1. The molecule has 0 bridgehead atoms. The Bertz CT molecular complexity index is 433. The second kappa shape index (κ2) is 4.55. The Morgan fingerprint density at radius 2 is 2.06 bits per heavy atom. The second-order valence-corrected chi connectivity index (χ2v) is 4.09. The van der Waals surface area contributed by atoms with Crippen molar-refractivity contribution in [2.75, 3.05) is 11.6 Å². The number of carbonyl (C=O) groups excluding carboxylic acids is 1. The average molecular weight is 234 g/mol. The molecule has 17 heavy (non-hydrogen) atoms. The third kappa shape index (κ3) is 2.29. The van der Waals surface area contributed by atoms with E-state index in [0.717, 1.165) is 0 Å². The molecule has 1 heterocycles. The Morgan fingerprint density at radius 3 is 2.65 bits per heavy atom. The van der Waals surface area contributed by atoms with Gasteiger partial charge in [0.15, 0.2) is 0 Å². The Labute approximate surface area is 99.2 Å². The van der Waals surface area contributed by atoms with Gasteiger partial charge in [-0.1, -0.05) is 18.2 Å². The molecule has 1 atom stereocenters. The lowest BCUT2D eigenvalue weighted by Crippen LogP contribution is -2.44. The van der Waals surface area contributed by atoms with E-state index in [1.165, 1.54) is 5.01 Å². The van der Waals surface area contributed by atoms with Crippen LogP contribution in [-0.2, 0) is 9.59 Å². The van der Waals surface area contributed by atoms with Gasteiger partial charge in [-0.05, 0) is 19.1 Å². The number of carbonyl (C=O) groups is 2. The number of hydrazine groups is 1. The fourth-order valence-electron chi connectivity index (χ4n) is 2.01. The highest BCUT2D eigenvalue weighted by molar-refractivity contribution is 5.95. The molecule has 1 unspecified atom stereocenters. The summed E-state index contributed by atoms with van der Waals surface area (Å²) in [6.45, 7) is 1.69. The van der Waals surface area contributed by atoms with Gasteiger partial charge in [0.2, 0.25) is 5.91 Å². The van der Waals surface area contributed by atoms with Gasteiger partial charge in [-0.3, -0.25) is 9.59 Å². The minimum atomic E-state index is -0.938. The third-order valence-electron chi connectivity index (χ3n) is 2.77. The molecule has 1 fully saturated rings. The molecule has 1 aromatic rings. The fourth-order valence-corrected chi connectivity index (χ4v) is 2.01. The van der Waals surface area contributed by atoms with Crippen LogP contribution in [-0.4, -0.2) is 34.6 Å². The maximum absolute atomic E-state index is 11.9. The Balaban J connectivity index is 2.29. The number of nitrogens with zero attached hydrogens (tertiary/aromatic N) is 2. The molecule has 90 valence electrons. The molecule has 0 radical (unpaired) electrons. The minimum Gasteiger partial charge on any atom is -0.480 e. The number of hydrogen-bond donors (Lipinski definition) is 1. The number of hydrogen-bond acceptors (Lipinski definition) is 3. The van der Waals surface area contributed by atoms with Crippen LogP contribution in [0.2, 0.25) is 0 Å². The standard InChI is InChI=1S/C12H14N2O3/c1-9-7-11(15)14(13(9)8-12(16)17)10-5-3-2-4-6-10/h2-6,9H,7-8H2,1H3,(H,16,17). The first-order valence-electron chi connectivity index (χ1n) is 5.46. The van der Waals surface area contributed by atoms with Gasteiger partial charge in [-0.25, -0.2) is 5.01 Å². The van der Waals surface area contributed by atoms with E-state index in [2.05, 4.69) is 0 Å². The van der Waals surface area contributed by atoms with Crippen molar-refractivity contribution in [1.29, 1.82) is 0 Å². The summed E-state index contributed by atoms with van der Waals surface area (Å²) in [5.74, 6) is -1.00. The largest absolute Gasteiger partial charge is 0.480 e. The number of carboxylic acid groups (broad SMARTS) is 1. The van der Waals surface area contributed by atoms with E-state index in [-0.39, 0.29) is 18.5 Å². The van der Waals surface area contributed by atoms with Crippen LogP contribution < -0.4 is 5.01 Å². The number of para-hydroxylation sites is 1. The zero-order valence-electron chi connectivity index (χ0n) is 9.54. The number of amides is 1. The summed E-state index contributed by atoms with van der Waals surface area (Å²) >= 11 is 0. The van der Waals surface area contributed by atoms with Gasteiger partial charge >= 0.3 is 5.97 Å². The van der Waals surface area contributed by atoms with E-state index in [1.807, 2.05) is 25.1 Å². The van der Waals surface area contributed by atoms with Gasteiger partial charge in [0.05, 0.1) is 5.69 Å². The van der Waals surface area contributed by atoms with E-state index >= 15 is 0 Å². The second-order valence-electron chi connectivity index (χ2n) is 4.09. The Kier molecular flexibility index (Phi) is 3.10. The van der Waals surface area contributed by atoms with E-state index in [0.29, 0.717) is 12.1 Å². The van der Waals surface area contributed by atoms with Gasteiger partial charge in [0.1, 0.15) is 6.54 Å². The first-order chi connectivity index (χ1) is 8.09. The quantitative estimate of drug-likeness (QED) is 0.851. The van der Waals surface area contributed by atoms with Crippen LogP contribution in [0.15, 0.2) is 30.3 Å². The summed E-state index contributed by atoms with van der Waals surface area (Å²) in [4.78, 5) is 22.7. The molecule has 1 amide bonds. The van der Waals surface area contributed by atoms with Crippen molar-refractivity contribution in [1.82, 2.24) is 5.01 Å². The third-order valence-corrected chi connectivity index (χ3v) is 2.77. The molecule has 2 rings (SSSR count). The van der Waals surface area contributed by atoms with Crippen LogP contribution in [0.1, 0.15) is 13.3 Å². The van der Waals surface area contributed by atoms with Crippen LogP contribution in [0.5, 0.6) is 0 Å². The van der Waals surface area contributed by atoms with Crippen molar-refractivity contribution in [2.45, 2.75) is 19.4 Å². The summed E-state index contributed by atoms with van der Waals surface area (Å²) in [6.07, 6.45) is 0.349. The van der Waals surface area contributed by atoms with Gasteiger partial charge in [-0.15, -0.1) is 0 Å². The Morgan fingerprint density at radius 1 is 1.41 bits per heavy atom. The smallest absolute Gasteiger partial charge is 0.319 e. The number of anilines is 1. The zero-order chi connectivity index (χ0) is 12.4. The topological polar surface area (TPSA) is 60.9 Å². The van der Waals surface area contributed by atoms with Crippen molar-refractivity contribution in [2.24, 2.45) is 0 Å². The van der Waals surface area contributed by atoms with E-state index < -0.39 is 5.97 Å². The summed E-state index contributed by atoms with van der Waals surface area (Å²) < 4.78 is 0. The van der Waals surface area contributed by atoms with Crippen molar-refractivity contribution in [3.63, 3.8) is 0 Å². The molecule has 1 aliphatic rings. The van der Waals surface area contributed by atoms with E-state index in [1.54, 1.807) is 17.1 Å². The van der Waals surface area contributed by atoms with Crippen molar-refractivity contribution in [3.05, 3.63) is 30.3 Å². The molecule has 0 spiro atoms. The molecular formula is C12H14N2O3. The van der Waals surface area contributed by atoms with E-state index in [9.17, 15) is 9.59 Å². The number of carboxylic acids is 1. The van der Waals surface area contributed by atoms with Gasteiger partial charge in [0, 0.05) is 12.5 Å². The molecular weight excluding hydrogens is 220 g/mol. The maximum Gasteiger partial charge on any atom is 0.319 e. The lowest BCUT2D eigenvalue weighted by atomic mass is 10.2. The summed E-state index contributed by atoms with van der Waals surface area (Å²) in [7, 11) is 0. The van der Waals surface area contributed by atoms with Gasteiger partial charge < -0.3 is 5.11 Å². The van der Waals surface area contributed by atoms with E-state index in [4.69, 9.17) is 5.11 Å². The lowest BCUT2D eigenvalue weighted by molar-refractivity contribution is -0.138. The van der Waals surface area contributed by atoms with Crippen LogP contribution in [0.25, 0.3) is 0 Å². The number of rotatable bonds is 3. The van der Waals surface area contributed by atoms with Crippen LogP contribution >= 0.6 is 0 Å². The van der Waals surface area contributed by atoms with Crippen LogP contribution in [0, 0.1) is 0 Å². The minimum absolute atomic E-state index is 0.0649. The molecule has 1 aromatic carbocycles. The normalized spacial score (nSPS) is 20.9. The molecule has 0 saturated carbocycles. The molecule has 5 nitrogen and oxygen atoms in total. The molecule has 0 aromatic heterocycles. The summed E-state index contributed by atoms with van der Waals surface area (Å²) in [5, 5.41) is 11.9. The fraction of sp³-hybridized carbons (Fsp3) is 0.333. The SMILES string of the molecule is CC1CC(=O)N(c2ccccc2)N1CC(=O)O. The van der Waals surface area contributed by atoms with Crippen LogP contribution in [0.3, 0.4) is 0 Å². The first kappa shape index (κ1) is 11.6. The van der Waals surface area contributed by atoms with Gasteiger partial charge in [0.25, 0.3) is 0 Å². The molecule has 0 aliphatic carbocycles. The Hall–Kier alpha value is -1.88. The predicted octanol–water partition coefficient (Wildman–Crippen LogP) is 1.11. The highest BCUT2D eigenvalue weighted by Crippen LogP contribution is 2.26. The maximum atomic E-state index is 11.9. The average Bonchev–Trinajstić information content (AvgIpc) is 2.54. The van der Waals surface area contributed by atoms with Crippen LogP contribution in [0.4, 0.5) is 5.69 Å². The highest BCUT2D eigenvalue weighted by atomic mass is 16.4.